The molecule has 0 aliphatic rings. The maximum absolute atomic E-state index is 6.26. The predicted molar refractivity (Wildman–Crippen MR) is 71.4 cm³/mol. The number of hydrogen-bond acceptors (Lipinski definition) is 2. The minimum absolute atomic E-state index is 0.335. The maximum Gasteiger partial charge on any atom is 0.120 e. The monoisotopic (exact) mass is 232 g/mol. The molecule has 0 saturated carbocycles. The molecular formula is C14H20N2O. The normalized spacial score (nSPS) is 12.1. The number of aromatic nitrogens is 1. The first-order valence-electron chi connectivity index (χ1n) is 5.78. The van der Waals surface area contributed by atoms with Gasteiger partial charge in [-0.1, -0.05) is 0 Å². The van der Waals surface area contributed by atoms with Crippen LogP contribution in [0.15, 0.2) is 18.2 Å². The highest BCUT2D eigenvalue weighted by Crippen LogP contribution is 2.33. The van der Waals surface area contributed by atoms with E-state index in [0.717, 1.165) is 11.3 Å². The highest BCUT2D eigenvalue weighted by molar-refractivity contribution is 5.87. The summed E-state index contributed by atoms with van der Waals surface area (Å²) in [6, 6.07) is 6.12. The molecule has 3 heteroatoms. The minimum Gasteiger partial charge on any atom is -0.497 e. The molecule has 2 rings (SSSR count). The highest BCUT2D eigenvalue weighted by atomic mass is 16.5. The Balaban J connectivity index is 2.83. The molecule has 0 aliphatic heterocycles. The SMILES string of the molecule is COc1ccc2c(C(C)(C)N)c(C)n(C)c2c1. The Bertz CT molecular complexity index is 562. The Hall–Kier alpha value is -1.48. The number of nitrogens with zero attached hydrogens (tertiary/aromatic N) is 1. The van der Waals surface area contributed by atoms with Gasteiger partial charge >= 0.3 is 0 Å². The molecule has 1 aromatic heterocycles. The topological polar surface area (TPSA) is 40.2 Å². The molecule has 1 heterocycles. The van der Waals surface area contributed by atoms with E-state index in [0.29, 0.717) is 0 Å². The van der Waals surface area contributed by atoms with Crippen LogP contribution < -0.4 is 10.5 Å². The summed E-state index contributed by atoms with van der Waals surface area (Å²) in [5.41, 5.74) is 9.51. The van der Waals surface area contributed by atoms with E-state index in [1.807, 2.05) is 19.9 Å². The van der Waals surface area contributed by atoms with Gasteiger partial charge in [0.05, 0.1) is 12.6 Å². The van der Waals surface area contributed by atoms with Crippen LogP contribution in [-0.4, -0.2) is 11.7 Å². The van der Waals surface area contributed by atoms with Gasteiger partial charge in [-0.25, -0.2) is 0 Å². The molecule has 0 amide bonds. The van der Waals surface area contributed by atoms with Gasteiger partial charge in [0.2, 0.25) is 0 Å². The van der Waals surface area contributed by atoms with Crippen LogP contribution in [0.4, 0.5) is 0 Å². The molecule has 17 heavy (non-hydrogen) atoms. The van der Waals surface area contributed by atoms with Crippen molar-refractivity contribution in [2.45, 2.75) is 26.3 Å². The zero-order chi connectivity index (χ0) is 12.8. The van der Waals surface area contributed by atoms with Gasteiger partial charge in [-0.2, -0.15) is 0 Å². The Morgan fingerprint density at radius 3 is 2.47 bits per heavy atom. The molecule has 0 spiro atoms. The number of hydrogen-bond donors (Lipinski definition) is 1. The van der Waals surface area contributed by atoms with Crippen molar-refractivity contribution in [3.05, 3.63) is 29.5 Å². The summed E-state index contributed by atoms with van der Waals surface area (Å²) in [7, 11) is 3.75. The van der Waals surface area contributed by atoms with Crippen LogP contribution in [0.1, 0.15) is 25.1 Å². The average molecular weight is 232 g/mol. The highest BCUT2D eigenvalue weighted by Gasteiger charge is 2.23. The van der Waals surface area contributed by atoms with Crippen molar-refractivity contribution >= 4 is 10.9 Å². The third-order valence-corrected chi connectivity index (χ3v) is 3.34. The van der Waals surface area contributed by atoms with Crippen LogP contribution in [0.3, 0.4) is 0 Å². The molecular weight excluding hydrogens is 212 g/mol. The van der Waals surface area contributed by atoms with E-state index in [4.69, 9.17) is 10.5 Å². The maximum atomic E-state index is 6.26. The quantitative estimate of drug-likeness (QED) is 0.864. The fraction of sp³-hybridized carbons (Fsp3) is 0.429. The van der Waals surface area contributed by atoms with Gasteiger partial charge in [0.15, 0.2) is 0 Å². The van der Waals surface area contributed by atoms with Crippen molar-refractivity contribution < 1.29 is 4.74 Å². The summed E-state index contributed by atoms with van der Waals surface area (Å²) >= 11 is 0. The number of aryl methyl sites for hydroxylation is 1. The lowest BCUT2D eigenvalue weighted by atomic mass is 9.93. The van der Waals surface area contributed by atoms with Gasteiger partial charge in [0.1, 0.15) is 5.75 Å². The second kappa shape index (κ2) is 3.77. The Labute approximate surface area is 102 Å². The molecule has 0 bridgehead atoms. The van der Waals surface area contributed by atoms with Gasteiger partial charge in [0.25, 0.3) is 0 Å². The number of benzene rings is 1. The molecule has 2 N–H and O–H groups in total. The van der Waals surface area contributed by atoms with Crippen LogP contribution in [0.25, 0.3) is 10.9 Å². The van der Waals surface area contributed by atoms with E-state index in [1.54, 1.807) is 7.11 Å². The summed E-state index contributed by atoms with van der Waals surface area (Å²) in [5.74, 6) is 0.875. The van der Waals surface area contributed by atoms with Crippen LogP contribution in [0.2, 0.25) is 0 Å². The second-order valence-corrected chi connectivity index (χ2v) is 5.12. The van der Waals surface area contributed by atoms with Crippen LogP contribution >= 0.6 is 0 Å². The molecule has 0 aliphatic carbocycles. The zero-order valence-corrected chi connectivity index (χ0v) is 11.2. The first-order valence-corrected chi connectivity index (χ1v) is 5.78. The van der Waals surface area contributed by atoms with Gasteiger partial charge in [-0.3, -0.25) is 0 Å². The summed E-state index contributed by atoms with van der Waals surface area (Å²) in [6.07, 6.45) is 0. The third kappa shape index (κ3) is 1.80. The first-order chi connectivity index (χ1) is 7.86. The number of nitrogens with two attached hydrogens (primary N) is 1. The molecule has 0 unspecified atom stereocenters. The molecule has 2 aromatic rings. The van der Waals surface area contributed by atoms with Gasteiger partial charge < -0.3 is 15.0 Å². The lowest BCUT2D eigenvalue weighted by Crippen LogP contribution is -2.29. The van der Waals surface area contributed by atoms with Crippen molar-refractivity contribution in [1.29, 1.82) is 0 Å². The lowest BCUT2D eigenvalue weighted by Gasteiger charge is -2.19. The molecule has 0 radical (unpaired) electrons. The van der Waals surface area contributed by atoms with Crippen molar-refractivity contribution in [2.75, 3.05) is 7.11 Å². The van der Waals surface area contributed by atoms with E-state index in [-0.39, 0.29) is 5.54 Å². The van der Waals surface area contributed by atoms with Gasteiger partial charge in [-0.05, 0) is 38.5 Å². The summed E-state index contributed by atoms with van der Waals surface area (Å²) < 4.78 is 7.44. The largest absolute Gasteiger partial charge is 0.497 e. The smallest absolute Gasteiger partial charge is 0.120 e. The van der Waals surface area contributed by atoms with Crippen molar-refractivity contribution in [2.24, 2.45) is 12.8 Å². The van der Waals surface area contributed by atoms with Crippen molar-refractivity contribution in [1.82, 2.24) is 4.57 Å². The molecule has 0 atom stereocenters. The second-order valence-electron chi connectivity index (χ2n) is 5.12. The third-order valence-electron chi connectivity index (χ3n) is 3.34. The van der Waals surface area contributed by atoms with Gasteiger partial charge in [0, 0.05) is 29.7 Å². The Morgan fingerprint density at radius 2 is 1.94 bits per heavy atom. The predicted octanol–water partition coefficient (Wildman–Crippen LogP) is 2.69. The van der Waals surface area contributed by atoms with E-state index in [1.165, 1.54) is 16.6 Å². The fourth-order valence-corrected chi connectivity index (χ4v) is 2.48. The standard InChI is InChI=1S/C14H20N2O/c1-9-13(14(2,3)15)11-7-6-10(17-5)8-12(11)16(9)4/h6-8H,15H2,1-5H3. The first kappa shape index (κ1) is 12.0. The zero-order valence-electron chi connectivity index (χ0n) is 11.2. The number of rotatable bonds is 2. The number of methoxy groups -OCH3 is 1. The number of ether oxygens (including phenoxy) is 1. The molecule has 3 nitrogen and oxygen atoms in total. The van der Waals surface area contributed by atoms with Gasteiger partial charge in [-0.15, -0.1) is 0 Å². The van der Waals surface area contributed by atoms with E-state index in [9.17, 15) is 0 Å². The van der Waals surface area contributed by atoms with E-state index < -0.39 is 0 Å². The van der Waals surface area contributed by atoms with Crippen molar-refractivity contribution in [3.63, 3.8) is 0 Å². The number of fused-ring (bicyclic) bond motifs is 1. The summed E-state index contributed by atoms with van der Waals surface area (Å²) in [6.45, 7) is 6.19. The molecule has 92 valence electrons. The lowest BCUT2D eigenvalue weighted by molar-refractivity contribution is 0.415. The minimum atomic E-state index is -0.335. The molecule has 0 saturated heterocycles. The molecule has 0 fully saturated rings. The average Bonchev–Trinajstić information content (AvgIpc) is 2.51. The molecule has 1 aromatic carbocycles. The van der Waals surface area contributed by atoms with E-state index in [2.05, 4.69) is 30.7 Å². The summed E-state index contributed by atoms with van der Waals surface area (Å²) in [5, 5.41) is 1.21. The summed E-state index contributed by atoms with van der Waals surface area (Å²) in [4.78, 5) is 0. The van der Waals surface area contributed by atoms with Crippen molar-refractivity contribution in [3.8, 4) is 5.75 Å². The van der Waals surface area contributed by atoms with Crippen LogP contribution in [-0.2, 0) is 12.6 Å². The van der Waals surface area contributed by atoms with Crippen LogP contribution in [0, 0.1) is 6.92 Å². The van der Waals surface area contributed by atoms with Crippen LogP contribution in [0.5, 0.6) is 5.75 Å². The Morgan fingerprint density at radius 1 is 1.29 bits per heavy atom. The Kier molecular flexibility index (Phi) is 2.66. The van der Waals surface area contributed by atoms with E-state index >= 15 is 0 Å². The fourth-order valence-electron chi connectivity index (χ4n) is 2.48.